The van der Waals surface area contributed by atoms with Crippen LogP contribution in [0.2, 0.25) is 10.0 Å². The number of carbonyl (C=O) groups is 2. The molecule has 2 heterocycles. The second-order valence-corrected chi connectivity index (χ2v) is 6.76. The minimum Gasteiger partial charge on any atom is -0.359 e. The molecule has 1 aliphatic rings. The monoisotopic (exact) mass is 366 g/mol. The fourth-order valence-electron chi connectivity index (χ4n) is 3.00. The number of aromatic nitrogens is 2. The van der Waals surface area contributed by atoms with Crippen LogP contribution >= 0.6 is 23.2 Å². The van der Waals surface area contributed by atoms with Gasteiger partial charge in [-0.1, -0.05) is 35.3 Å². The minimum absolute atomic E-state index is 0.0859. The number of halogens is 2. The van der Waals surface area contributed by atoms with E-state index in [9.17, 15) is 9.59 Å². The number of hydrogen-bond acceptors (Lipinski definition) is 3. The molecule has 1 saturated heterocycles. The first-order valence-corrected chi connectivity index (χ1v) is 8.15. The van der Waals surface area contributed by atoms with Gasteiger partial charge in [0.1, 0.15) is 5.69 Å². The molecular weight excluding hydrogens is 351 g/mol. The predicted molar refractivity (Wildman–Crippen MR) is 91.2 cm³/mol. The lowest BCUT2D eigenvalue weighted by atomic mass is 9.73. The van der Waals surface area contributed by atoms with Gasteiger partial charge < -0.3 is 10.2 Å². The van der Waals surface area contributed by atoms with Gasteiger partial charge >= 0.3 is 0 Å². The predicted octanol–water partition coefficient (Wildman–Crippen LogP) is 2.15. The highest BCUT2D eigenvalue weighted by Crippen LogP contribution is 2.36. The number of amides is 2. The van der Waals surface area contributed by atoms with Crippen LogP contribution in [0.4, 0.5) is 0 Å². The molecule has 0 radical (unpaired) electrons. The van der Waals surface area contributed by atoms with E-state index in [1.165, 1.54) is 6.20 Å². The molecule has 24 heavy (non-hydrogen) atoms. The summed E-state index contributed by atoms with van der Waals surface area (Å²) in [5.41, 5.74) is 0.591. The summed E-state index contributed by atoms with van der Waals surface area (Å²) in [5, 5.41) is 9.96. The third-order valence-corrected chi connectivity index (χ3v) is 4.78. The number of H-pyrrole nitrogens is 1. The van der Waals surface area contributed by atoms with E-state index >= 15 is 0 Å². The summed E-state index contributed by atoms with van der Waals surface area (Å²) < 4.78 is 0. The van der Waals surface area contributed by atoms with Crippen molar-refractivity contribution in [1.29, 1.82) is 0 Å². The molecule has 1 fully saturated rings. The second-order valence-electron chi connectivity index (χ2n) is 5.92. The van der Waals surface area contributed by atoms with Crippen molar-refractivity contribution in [2.45, 2.75) is 6.42 Å². The fourth-order valence-corrected chi connectivity index (χ4v) is 3.30. The van der Waals surface area contributed by atoms with Crippen LogP contribution in [0.3, 0.4) is 0 Å². The van der Waals surface area contributed by atoms with E-state index in [0.29, 0.717) is 24.5 Å². The van der Waals surface area contributed by atoms with Crippen LogP contribution in [0.5, 0.6) is 0 Å². The zero-order valence-electron chi connectivity index (χ0n) is 13.0. The smallest absolute Gasteiger partial charge is 0.273 e. The number of likely N-dealkylation sites (tertiary alicyclic amines) is 1. The Hall–Kier alpha value is -2.05. The van der Waals surface area contributed by atoms with Crippen LogP contribution in [0, 0.1) is 5.41 Å². The molecule has 0 bridgehead atoms. The number of nitrogens with zero attached hydrogens (tertiary/aromatic N) is 2. The van der Waals surface area contributed by atoms with Crippen LogP contribution in [0.1, 0.15) is 16.1 Å². The highest BCUT2D eigenvalue weighted by Gasteiger charge is 2.51. The van der Waals surface area contributed by atoms with Gasteiger partial charge in [0.15, 0.2) is 0 Å². The van der Waals surface area contributed by atoms with Gasteiger partial charge in [-0.25, -0.2) is 0 Å². The van der Waals surface area contributed by atoms with E-state index in [0.717, 1.165) is 5.56 Å². The standard InChI is InChI=1S/C16H16Cl2N4O2/c1-19-15(24)16(6-10-2-4-11(17)5-3-10)8-22(9-16)14(23)13-12(18)7-20-21-13/h2-5,7H,6,8-9H2,1H3,(H,19,24)(H,20,21). The highest BCUT2D eigenvalue weighted by atomic mass is 35.5. The van der Waals surface area contributed by atoms with Gasteiger partial charge in [-0.3, -0.25) is 14.7 Å². The van der Waals surface area contributed by atoms with Crippen LogP contribution in [0.25, 0.3) is 0 Å². The summed E-state index contributed by atoms with van der Waals surface area (Å²) in [5.74, 6) is -0.342. The second kappa shape index (κ2) is 6.45. The third kappa shape index (κ3) is 2.99. The number of carbonyl (C=O) groups excluding carboxylic acids is 2. The maximum absolute atomic E-state index is 12.4. The Morgan fingerprint density at radius 2 is 1.96 bits per heavy atom. The summed E-state index contributed by atoms with van der Waals surface area (Å²) in [7, 11) is 1.60. The van der Waals surface area contributed by atoms with Crippen molar-refractivity contribution in [2.24, 2.45) is 5.41 Å². The first-order chi connectivity index (χ1) is 11.4. The SMILES string of the molecule is CNC(=O)C1(Cc2ccc(Cl)cc2)CN(C(=O)c2[nH]ncc2Cl)C1. The lowest BCUT2D eigenvalue weighted by Gasteiger charge is -2.48. The molecule has 1 aromatic heterocycles. The summed E-state index contributed by atoms with van der Waals surface area (Å²) in [6, 6.07) is 7.37. The van der Waals surface area contributed by atoms with Gasteiger partial charge in [-0.2, -0.15) is 5.10 Å². The summed E-state index contributed by atoms with van der Waals surface area (Å²) in [6.07, 6.45) is 1.92. The number of aromatic amines is 1. The number of hydrogen-bond donors (Lipinski definition) is 2. The normalized spacial score (nSPS) is 15.7. The Balaban J connectivity index is 1.76. The Bertz CT molecular complexity index is 767. The van der Waals surface area contributed by atoms with Crippen LogP contribution in [-0.2, 0) is 11.2 Å². The molecule has 0 atom stereocenters. The number of benzene rings is 1. The van der Waals surface area contributed by atoms with E-state index in [-0.39, 0.29) is 22.5 Å². The molecule has 1 aliphatic heterocycles. The average Bonchev–Trinajstić information content (AvgIpc) is 2.97. The fraction of sp³-hybridized carbons (Fsp3) is 0.312. The quantitative estimate of drug-likeness (QED) is 0.869. The molecule has 1 aromatic carbocycles. The van der Waals surface area contributed by atoms with Crippen LogP contribution in [-0.4, -0.2) is 47.0 Å². The van der Waals surface area contributed by atoms with Crippen molar-refractivity contribution in [3.63, 3.8) is 0 Å². The topological polar surface area (TPSA) is 78.1 Å². The average molecular weight is 367 g/mol. The Labute approximate surface area is 149 Å². The Morgan fingerprint density at radius 1 is 1.29 bits per heavy atom. The summed E-state index contributed by atoms with van der Waals surface area (Å²) >= 11 is 11.8. The van der Waals surface area contributed by atoms with Crippen molar-refractivity contribution in [2.75, 3.05) is 20.1 Å². The maximum atomic E-state index is 12.4. The van der Waals surface area contributed by atoms with Crippen molar-refractivity contribution in [3.05, 3.63) is 51.8 Å². The molecule has 2 N–H and O–H groups in total. The highest BCUT2D eigenvalue weighted by molar-refractivity contribution is 6.33. The first-order valence-electron chi connectivity index (χ1n) is 7.40. The van der Waals surface area contributed by atoms with E-state index in [1.807, 2.05) is 12.1 Å². The zero-order chi connectivity index (χ0) is 17.3. The van der Waals surface area contributed by atoms with Crippen molar-refractivity contribution in [1.82, 2.24) is 20.4 Å². The molecule has 0 aliphatic carbocycles. The number of nitrogens with one attached hydrogen (secondary N) is 2. The molecule has 2 amide bonds. The van der Waals surface area contributed by atoms with Gasteiger partial charge in [0.25, 0.3) is 5.91 Å². The van der Waals surface area contributed by atoms with E-state index in [4.69, 9.17) is 23.2 Å². The van der Waals surface area contributed by atoms with Gasteiger partial charge in [0.05, 0.1) is 16.6 Å². The van der Waals surface area contributed by atoms with Gasteiger partial charge in [0.2, 0.25) is 5.91 Å². The van der Waals surface area contributed by atoms with E-state index < -0.39 is 5.41 Å². The molecule has 126 valence electrons. The van der Waals surface area contributed by atoms with Crippen LogP contribution in [0.15, 0.2) is 30.5 Å². The lowest BCUT2D eigenvalue weighted by molar-refractivity contribution is -0.138. The Morgan fingerprint density at radius 3 is 2.50 bits per heavy atom. The van der Waals surface area contributed by atoms with Crippen LogP contribution < -0.4 is 5.32 Å². The molecular formula is C16H16Cl2N4O2. The Kier molecular flexibility index (Phi) is 4.51. The van der Waals surface area contributed by atoms with Gasteiger partial charge in [0, 0.05) is 25.2 Å². The maximum Gasteiger partial charge on any atom is 0.273 e. The molecule has 2 aromatic rings. The third-order valence-electron chi connectivity index (χ3n) is 4.25. The molecule has 8 heteroatoms. The van der Waals surface area contributed by atoms with Crippen molar-refractivity contribution >= 4 is 35.0 Å². The largest absolute Gasteiger partial charge is 0.359 e. The van der Waals surface area contributed by atoms with Gasteiger partial charge in [-0.05, 0) is 24.1 Å². The first kappa shape index (κ1) is 16.8. The molecule has 0 spiro atoms. The van der Waals surface area contributed by atoms with E-state index in [1.54, 1.807) is 24.1 Å². The molecule has 0 saturated carbocycles. The minimum atomic E-state index is -0.648. The van der Waals surface area contributed by atoms with Gasteiger partial charge in [-0.15, -0.1) is 0 Å². The lowest BCUT2D eigenvalue weighted by Crippen LogP contribution is -2.65. The number of rotatable bonds is 4. The summed E-state index contributed by atoms with van der Waals surface area (Å²) in [6.45, 7) is 0.646. The zero-order valence-corrected chi connectivity index (χ0v) is 14.5. The van der Waals surface area contributed by atoms with E-state index in [2.05, 4.69) is 15.5 Å². The van der Waals surface area contributed by atoms with Crippen molar-refractivity contribution < 1.29 is 9.59 Å². The molecule has 6 nitrogen and oxygen atoms in total. The van der Waals surface area contributed by atoms with Crippen molar-refractivity contribution in [3.8, 4) is 0 Å². The summed E-state index contributed by atoms with van der Waals surface area (Å²) in [4.78, 5) is 26.4. The molecule has 3 rings (SSSR count). The molecule has 0 unspecified atom stereocenters.